The summed E-state index contributed by atoms with van der Waals surface area (Å²) in [5, 5.41) is 3.09. The summed E-state index contributed by atoms with van der Waals surface area (Å²) in [4.78, 5) is 7.09. The van der Waals surface area contributed by atoms with E-state index in [0.29, 0.717) is 6.04 Å². The molecule has 3 nitrogen and oxygen atoms in total. The van der Waals surface area contributed by atoms with Crippen molar-refractivity contribution >= 4 is 5.82 Å². The second-order valence-electron chi connectivity index (χ2n) is 5.04. The number of unbranched alkanes of at least 4 members (excludes halogenated alkanes) is 2. The number of hydrogen-bond acceptors (Lipinski definition) is 3. The highest BCUT2D eigenvalue weighted by molar-refractivity contribution is 5.34. The molecule has 0 atom stereocenters. The van der Waals surface area contributed by atoms with Crippen molar-refractivity contribution in [1.82, 2.24) is 9.88 Å². The normalized spacial score (nSPS) is 11.2. The Morgan fingerprint density at radius 3 is 2.67 bits per heavy atom. The summed E-state index contributed by atoms with van der Waals surface area (Å²) in [6, 6.07) is 6.75. The van der Waals surface area contributed by atoms with Crippen molar-refractivity contribution in [2.75, 3.05) is 18.9 Å². The Kier molecular flexibility index (Phi) is 6.73. The Hall–Kier alpha value is -1.09. The van der Waals surface area contributed by atoms with Crippen LogP contribution in [0.3, 0.4) is 0 Å². The molecule has 1 heterocycles. The van der Waals surface area contributed by atoms with Gasteiger partial charge in [-0.15, -0.1) is 0 Å². The van der Waals surface area contributed by atoms with Crippen LogP contribution in [0.5, 0.6) is 0 Å². The van der Waals surface area contributed by atoms with Crippen LogP contribution in [0.4, 0.5) is 5.82 Å². The molecule has 0 amide bonds. The van der Waals surface area contributed by atoms with Crippen LogP contribution in [0.1, 0.15) is 45.7 Å². The minimum atomic E-state index is 0.571. The van der Waals surface area contributed by atoms with E-state index in [1.54, 1.807) is 0 Å². The number of rotatable bonds is 8. The highest BCUT2D eigenvalue weighted by atomic mass is 15.2. The van der Waals surface area contributed by atoms with Crippen molar-refractivity contribution in [3.8, 4) is 0 Å². The maximum atomic E-state index is 4.59. The lowest BCUT2D eigenvalue weighted by Gasteiger charge is -2.26. The van der Waals surface area contributed by atoms with E-state index in [1.165, 1.54) is 19.3 Å². The monoisotopic (exact) mass is 249 g/mol. The van der Waals surface area contributed by atoms with Crippen molar-refractivity contribution < 1.29 is 0 Å². The third kappa shape index (κ3) is 5.05. The highest BCUT2D eigenvalue weighted by Gasteiger charge is 2.10. The molecular formula is C15H27N3. The molecule has 0 radical (unpaired) electrons. The van der Waals surface area contributed by atoms with Crippen LogP contribution in [-0.2, 0) is 6.54 Å². The van der Waals surface area contributed by atoms with Crippen LogP contribution in [-0.4, -0.2) is 29.5 Å². The molecule has 0 saturated carbocycles. The number of hydrogen-bond donors (Lipinski definition) is 1. The molecule has 1 aromatic rings. The SMILES string of the molecule is CCCCCN(Cc1cccc(NC)n1)C(C)C. The molecule has 1 aromatic heterocycles. The fraction of sp³-hybridized carbons (Fsp3) is 0.667. The largest absolute Gasteiger partial charge is 0.373 e. The van der Waals surface area contributed by atoms with Crippen molar-refractivity contribution in [3.63, 3.8) is 0 Å². The van der Waals surface area contributed by atoms with Crippen molar-refractivity contribution in [2.24, 2.45) is 0 Å². The molecule has 102 valence electrons. The summed E-state index contributed by atoms with van der Waals surface area (Å²) in [6.07, 6.45) is 3.87. The van der Waals surface area contributed by atoms with E-state index in [0.717, 1.165) is 24.6 Å². The smallest absolute Gasteiger partial charge is 0.126 e. The topological polar surface area (TPSA) is 28.2 Å². The van der Waals surface area contributed by atoms with E-state index in [2.05, 4.69) is 48.1 Å². The zero-order valence-electron chi connectivity index (χ0n) is 12.2. The van der Waals surface area contributed by atoms with Crippen LogP contribution in [0.2, 0.25) is 0 Å². The van der Waals surface area contributed by atoms with Gasteiger partial charge in [-0.1, -0.05) is 25.8 Å². The molecule has 0 unspecified atom stereocenters. The summed E-state index contributed by atoms with van der Waals surface area (Å²) in [5.74, 6) is 0.949. The first-order valence-electron chi connectivity index (χ1n) is 7.05. The predicted octanol–water partition coefficient (Wildman–Crippen LogP) is 3.52. The van der Waals surface area contributed by atoms with Crippen molar-refractivity contribution in [3.05, 3.63) is 23.9 Å². The fourth-order valence-corrected chi connectivity index (χ4v) is 2.00. The summed E-state index contributed by atoms with van der Waals surface area (Å²) in [5.41, 5.74) is 1.15. The lowest BCUT2D eigenvalue weighted by Crippen LogP contribution is -2.31. The fourth-order valence-electron chi connectivity index (χ4n) is 2.00. The molecule has 1 N–H and O–H groups in total. The highest BCUT2D eigenvalue weighted by Crippen LogP contribution is 2.11. The van der Waals surface area contributed by atoms with E-state index in [1.807, 2.05) is 13.1 Å². The van der Waals surface area contributed by atoms with Crippen LogP contribution in [0.25, 0.3) is 0 Å². The number of anilines is 1. The van der Waals surface area contributed by atoms with E-state index < -0.39 is 0 Å². The van der Waals surface area contributed by atoms with Gasteiger partial charge >= 0.3 is 0 Å². The second kappa shape index (κ2) is 8.09. The van der Waals surface area contributed by atoms with Crippen LogP contribution < -0.4 is 5.32 Å². The number of pyridine rings is 1. The first kappa shape index (κ1) is 15.0. The van der Waals surface area contributed by atoms with Crippen LogP contribution in [0, 0.1) is 0 Å². The molecule has 0 bridgehead atoms. The Balaban J connectivity index is 2.58. The quantitative estimate of drug-likeness (QED) is 0.714. The standard InChI is InChI=1S/C15H27N3/c1-5-6-7-11-18(13(2)3)12-14-9-8-10-15(16-4)17-14/h8-10,13H,5-7,11-12H2,1-4H3,(H,16,17). The molecule has 18 heavy (non-hydrogen) atoms. The third-order valence-electron chi connectivity index (χ3n) is 3.21. The average Bonchev–Trinajstić information content (AvgIpc) is 2.38. The van der Waals surface area contributed by atoms with Gasteiger partial charge in [0.2, 0.25) is 0 Å². The van der Waals surface area contributed by atoms with Gasteiger partial charge in [0.25, 0.3) is 0 Å². The van der Waals surface area contributed by atoms with E-state index in [-0.39, 0.29) is 0 Å². The van der Waals surface area contributed by atoms with Gasteiger partial charge in [-0.2, -0.15) is 0 Å². The summed E-state index contributed by atoms with van der Waals surface area (Å²) >= 11 is 0. The average molecular weight is 249 g/mol. The summed E-state index contributed by atoms with van der Waals surface area (Å²) in [7, 11) is 1.91. The molecule has 1 rings (SSSR count). The first-order chi connectivity index (χ1) is 8.67. The molecule has 0 saturated heterocycles. The number of aromatic nitrogens is 1. The molecule has 0 aliphatic carbocycles. The Morgan fingerprint density at radius 1 is 1.28 bits per heavy atom. The van der Waals surface area contributed by atoms with Gasteiger partial charge in [-0.25, -0.2) is 4.98 Å². The first-order valence-corrected chi connectivity index (χ1v) is 7.05. The van der Waals surface area contributed by atoms with Crippen LogP contribution >= 0.6 is 0 Å². The maximum Gasteiger partial charge on any atom is 0.126 e. The Bertz CT molecular complexity index is 336. The van der Waals surface area contributed by atoms with E-state index >= 15 is 0 Å². The minimum absolute atomic E-state index is 0.571. The van der Waals surface area contributed by atoms with Gasteiger partial charge < -0.3 is 5.32 Å². The van der Waals surface area contributed by atoms with Gasteiger partial charge in [0.1, 0.15) is 5.82 Å². The van der Waals surface area contributed by atoms with Gasteiger partial charge in [-0.05, 0) is 38.9 Å². The van der Waals surface area contributed by atoms with E-state index in [4.69, 9.17) is 0 Å². The summed E-state index contributed by atoms with van der Waals surface area (Å²) < 4.78 is 0. The van der Waals surface area contributed by atoms with Crippen LogP contribution in [0.15, 0.2) is 18.2 Å². The molecule has 0 fully saturated rings. The number of nitrogens with zero attached hydrogens (tertiary/aromatic N) is 2. The molecular weight excluding hydrogens is 222 g/mol. The van der Waals surface area contributed by atoms with Gasteiger partial charge in [0.15, 0.2) is 0 Å². The molecule has 0 aliphatic heterocycles. The lowest BCUT2D eigenvalue weighted by atomic mass is 10.2. The van der Waals surface area contributed by atoms with Gasteiger partial charge in [0, 0.05) is 19.6 Å². The minimum Gasteiger partial charge on any atom is -0.373 e. The predicted molar refractivity (Wildman–Crippen MR) is 78.9 cm³/mol. The second-order valence-corrected chi connectivity index (χ2v) is 5.04. The molecule has 3 heteroatoms. The van der Waals surface area contributed by atoms with E-state index in [9.17, 15) is 0 Å². The number of nitrogens with one attached hydrogen (secondary N) is 1. The zero-order chi connectivity index (χ0) is 13.4. The summed E-state index contributed by atoms with van der Waals surface area (Å²) in [6.45, 7) is 8.87. The Labute approximate surface area is 112 Å². The zero-order valence-corrected chi connectivity index (χ0v) is 12.2. The van der Waals surface area contributed by atoms with Crippen molar-refractivity contribution in [2.45, 2.75) is 52.6 Å². The van der Waals surface area contributed by atoms with Gasteiger partial charge in [0.05, 0.1) is 5.69 Å². The van der Waals surface area contributed by atoms with Gasteiger partial charge in [-0.3, -0.25) is 4.90 Å². The molecule has 0 aliphatic rings. The maximum absolute atomic E-state index is 4.59. The lowest BCUT2D eigenvalue weighted by molar-refractivity contribution is 0.206. The third-order valence-corrected chi connectivity index (χ3v) is 3.21. The molecule has 0 spiro atoms. The van der Waals surface area contributed by atoms with Crippen molar-refractivity contribution in [1.29, 1.82) is 0 Å². The Morgan fingerprint density at radius 2 is 2.06 bits per heavy atom. The molecule has 0 aromatic carbocycles.